The Bertz CT molecular complexity index is 462. The third-order valence-electron chi connectivity index (χ3n) is 5.07. The fourth-order valence-electron chi connectivity index (χ4n) is 2.77. The minimum absolute atomic E-state index is 0.160. The summed E-state index contributed by atoms with van der Waals surface area (Å²) in [6, 6.07) is 0.971. The molecule has 0 amide bonds. The highest BCUT2D eigenvalue weighted by molar-refractivity contribution is 6.85. The summed E-state index contributed by atoms with van der Waals surface area (Å²) in [5.41, 5.74) is 0.591. The van der Waals surface area contributed by atoms with Gasteiger partial charge in [-0.25, -0.2) is 0 Å². The van der Waals surface area contributed by atoms with Gasteiger partial charge in [0, 0.05) is 19.3 Å². The lowest BCUT2D eigenvalue weighted by Crippen LogP contribution is -2.46. The van der Waals surface area contributed by atoms with Gasteiger partial charge < -0.3 is 13.6 Å². The van der Waals surface area contributed by atoms with E-state index in [1.165, 1.54) is 0 Å². The van der Waals surface area contributed by atoms with Gasteiger partial charge in [0.15, 0.2) is 16.6 Å². The van der Waals surface area contributed by atoms with Crippen LogP contribution in [0.1, 0.15) is 66.2 Å². The molecule has 0 aliphatic carbocycles. The second-order valence-corrected chi connectivity index (χ2v) is 18.8. The first-order valence-corrected chi connectivity index (χ1v) is 17.0. The quantitative estimate of drug-likeness (QED) is 0.183. The van der Waals surface area contributed by atoms with Gasteiger partial charge in [0.1, 0.15) is 0 Å². The molecule has 0 aliphatic heterocycles. The number of hydrogen-bond acceptors (Lipinski definition) is 5. The van der Waals surface area contributed by atoms with Crippen LogP contribution in [-0.2, 0) is 23.2 Å². The second kappa shape index (κ2) is 13.5. The monoisotopic (exact) mass is 432 g/mol. The van der Waals surface area contributed by atoms with Crippen LogP contribution in [0.2, 0.25) is 37.8 Å². The van der Waals surface area contributed by atoms with E-state index in [1.807, 2.05) is 0 Å². The third kappa shape index (κ3) is 14.3. The molecule has 0 N–H and O–H groups in total. The highest BCUT2D eigenvalue weighted by Crippen LogP contribution is 2.28. The Morgan fingerprint density at radius 2 is 1.29 bits per heavy atom. The zero-order chi connectivity index (χ0) is 21.8. The molecule has 0 atom stereocenters. The Morgan fingerprint density at radius 1 is 0.786 bits per heavy atom. The molecule has 0 aliphatic rings. The highest BCUT2D eigenvalue weighted by atomic mass is 28.4. The molecule has 0 spiro atoms. The van der Waals surface area contributed by atoms with Crippen LogP contribution in [0.5, 0.6) is 0 Å². The molecule has 0 aromatic rings. The molecular formula is C21H44O5Si2. The maximum atomic E-state index is 11.9. The minimum Gasteiger partial charge on any atom is -0.466 e. The van der Waals surface area contributed by atoms with Gasteiger partial charge in [0.25, 0.3) is 0 Å². The molecule has 0 radical (unpaired) electrons. The van der Waals surface area contributed by atoms with Gasteiger partial charge in [0.2, 0.25) is 0 Å². The first-order chi connectivity index (χ1) is 12.9. The molecule has 0 saturated heterocycles. The van der Waals surface area contributed by atoms with Crippen LogP contribution < -0.4 is 0 Å². The van der Waals surface area contributed by atoms with Crippen molar-refractivity contribution in [3.05, 3.63) is 0 Å². The van der Waals surface area contributed by atoms with Crippen molar-refractivity contribution in [2.75, 3.05) is 13.2 Å². The lowest BCUT2D eigenvalue weighted by molar-refractivity contribution is -0.146. The maximum absolute atomic E-state index is 11.9. The molecule has 0 saturated carbocycles. The third-order valence-corrected chi connectivity index (χ3v) is 13.7. The normalized spacial score (nSPS) is 12.5. The summed E-state index contributed by atoms with van der Waals surface area (Å²) in [5.74, 6) is 0.274. The van der Waals surface area contributed by atoms with Crippen LogP contribution in [-0.4, -0.2) is 41.8 Å². The number of esters is 2. The van der Waals surface area contributed by atoms with Crippen LogP contribution in [0.4, 0.5) is 0 Å². The van der Waals surface area contributed by atoms with Crippen LogP contribution >= 0.6 is 0 Å². The summed E-state index contributed by atoms with van der Waals surface area (Å²) in [6.45, 7) is 18.4. The van der Waals surface area contributed by atoms with Gasteiger partial charge in [0.05, 0.1) is 13.2 Å². The molecule has 7 heteroatoms. The average Bonchev–Trinajstić information content (AvgIpc) is 2.52. The molecule has 5 nitrogen and oxygen atoms in total. The van der Waals surface area contributed by atoms with Crippen molar-refractivity contribution in [3.8, 4) is 0 Å². The van der Waals surface area contributed by atoms with Crippen molar-refractivity contribution in [2.45, 2.75) is 104 Å². The van der Waals surface area contributed by atoms with Gasteiger partial charge >= 0.3 is 11.9 Å². The Balaban J connectivity index is 3.81. The molecule has 0 aromatic carbocycles. The maximum Gasteiger partial charge on any atom is 0.305 e. The van der Waals surface area contributed by atoms with Crippen LogP contribution in [0.15, 0.2) is 0 Å². The van der Waals surface area contributed by atoms with Crippen molar-refractivity contribution in [1.82, 2.24) is 0 Å². The van der Waals surface area contributed by atoms with E-state index in [4.69, 9.17) is 13.6 Å². The molecule has 0 heterocycles. The van der Waals surface area contributed by atoms with E-state index in [0.717, 1.165) is 25.3 Å². The van der Waals surface area contributed by atoms with E-state index in [2.05, 4.69) is 53.9 Å². The van der Waals surface area contributed by atoms with Gasteiger partial charge in [-0.1, -0.05) is 34.1 Å². The molecule has 0 bridgehead atoms. The topological polar surface area (TPSA) is 61.8 Å². The SMILES string of the molecule is CC(C)CCCC(=O)OCCCOC(=O)CCC[Si](C)(C)O[Si](C)(C)C(C)C. The predicted molar refractivity (Wildman–Crippen MR) is 120 cm³/mol. The lowest BCUT2D eigenvalue weighted by Gasteiger charge is -2.36. The van der Waals surface area contributed by atoms with E-state index in [-0.39, 0.29) is 11.9 Å². The number of carbonyl (C=O) groups excluding carboxylic acids is 2. The fraction of sp³-hybridized carbons (Fsp3) is 0.905. The summed E-state index contributed by atoms with van der Waals surface area (Å²) in [4.78, 5) is 23.4. The summed E-state index contributed by atoms with van der Waals surface area (Å²) in [6.07, 6.45) is 4.17. The molecule has 28 heavy (non-hydrogen) atoms. The lowest BCUT2D eigenvalue weighted by atomic mass is 10.1. The van der Waals surface area contributed by atoms with E-state index >= 15 is 0 Å². The first-order valence-electron chi connectivity index (χ1n) is 10.9. The molecule has 166 valence electrons. The average molecular weight is 433 g/mol. The van der Waals surface area contributed by atoms with E-state index < -0.39 is 16.6 Å². The van der Waals surface area contributed by atoms with E-state index in [9.17, 15) is 9.59 Å². The standard InChI is InChI=1S/C21H44O5Si2/c1-18(2)12-9-13-20(22)24-15-11-16-25-21(23)14-10-17-27(5,6)26-28(7,8)19(3)4/h18-19H,9-17H2,1-8H3. The summed E-state index contributed by atoms with van der Waals surface area (Å²) >= 11 is 0. The Hall–Kier alpha value is -0.666. The zero-order valence-corrected chi connectivity index (χ0v) is 21.6. The number of hydrogen-bond donors (Lipinski definition) is 0. The summed E-state index contributed by atoms with van der Waals surface area (Å²) < 4.78 is 16.9. The van der Waals surface area contributed by atoms with Gasteiger partial charge in [-0.2, -0.15) is 0 Å². The summed E-state index contributed by atoms with van der Waals surface area (Å²) in [5, 5.41) is 0. The molecular weight excluding hydrogens is 388 g/mol. The largest absolute Gasteiger partial charge is 0.466 e. The van der Waals surface area contributed by atoms with Crippen molar-refractivity contribution < 1.29 is 23.2 Å². The van der Waals surface area contributed by atoms with Crippen LogP contribution in [0.25, 0.3) is 0 Å². The Kier molecular flexibility index (Phi) is 13.2. The summed E-state index contributed by atoms with van der Waals surface area (Å²) in [7, 11) is -3.39. The Labute approximate surface area is 175 Å². The molecule has 0 unspecified atom stereocenters. The number of rotatable bonds is 15. The van der Waals surface area contributed by atoms with Crippen LogP contribution in [0.3, 0.4) is 0 Å². The second-order valence-electron chi connectivity index (χ2n) is 9.55. The van der Waals surface area contributed by atoms with Crippen molar-refractivity contribution in [2.24, 2.45) is 5.92 Å². The highest BCUT2D eigenvalue weighted by Gasteiger charge is 2.35. The van der Waals surface area contributed by atoms with E-state index in [0.29, 0.717) is 43.9 Å². The van der Waals surface area contributed by atoms with Gasteiger partial charge in [-0.3, -0.25) is 9.59 Å². The van der Waals surface area contributed by atoms with Crippen molar-refractivity contribution in [1.29, 1.82) is 0 Å². The van der Waals surface area contributed by atoms with Crippen molar-refractivity contribution in [3.63, 3.8) is 0 Å². The number of ether oxygens (including phenoxy) is 2. The predicted octanol–water partition coefficient (Wildman–Crippen LogP) is 5.91. The van der Waals surface area contributed by atoms with E-state index in [1.54, 1.807) is 0 Å². The van der Waals surface area contributed by atoms with Crippen molar-refractivity contribution >= 4 is 28.6 Å². The van der Waals surface area contributed by atoms with Crippen LogP contribution in [0, 0.1) is 5.92 Å². The first kappa shape index (κ1) is 27.3. The molecule has 0 rings (SSSR count). The minimum atomic E-state index is -1.75. The fourth-order valence-corrected chi connectivity index (χ4v) is 10.8. The number of carbonyl (C=O) groups is 2. The van der Waals surface area contributed by atoms with Gasteiger partial charge in [-0.05, 0) is 56.5 Å². The molecule has 0 aromatic heterocycles. The van der Waals surface area contributed by atoms with Gasteiger partial charge in [-0.15, -0.1) is 0 Å². The molecule has 0 fully saturated rings. The Morgan fingerprint density at radius 3 is 1.75 bits per heavy atom. The smallest absolute Gasteiger partial charge is 0.305 e. The zero-order valence-electron chi connectivity index (χ0n) is 19.6.